The fourth-order valence-corrected chi connectivity index (χ4v) is 2.91. The number of carbonyl (C=O) groups is 1. The van der Waals surface area contributed by atoms with Crippen molar-refractivity contribution in [1.29, 1.82) is 0 Å². The van der Waals surface area contributed by atoms with Gasteiger partial charge in [0.15, 0.2) is 0 Å². The normalized spacial score (nSPS) is 12.8. The van der Waals surface area contributed by atoms with Crippen LogP contribution in [0.15, 0.2) is 23.2 Å². The van der Waals surface area contributed by atoms with Crippen LogP contribution in [-0.2, 0) is 14.8 Å². The van der Waals surface area contributed by atoms with E-state index < -0.39 is 16.1 Å². The molecule has 0 fully saturated rings. The zero-order chi connectivity index (χ0) is 15.2. The van der Waals surface area contributed by atoms with Crippen LogP contribution in [0, 0.1) is 0 Å². The van der Waals surface area contributed by atoms with Crippen LogP contribution < -0.4 is 15.4 Å². The fraction of sp³-hybridized carbons (Fsp3) is 0.500. The number of aromatic nitrogens is 1. The van der Waals surface area contributed by atoms with Gasteiger partial charge < -0.3 is 10.6 Å². The van der Waals surface area contributed by atoms with Gasteiger partial charge in [0.2, 0.25) is 15.9 Å². The van der Waals surface area contributed by atoms with Gasteiger partial charge in [0.1, 0.15) is 10.7 Å². The number of pyridine rings is 1. The summed E-state index contributed by atoms with van der Waals surface area (Å²) in [5, 5.41) is 5.35. The van der Waals surface area contributed by atoms with E-state index in [1.165, 1.54) is 25.3 Å². The minimum atomic E-state index is -3.81. The van der Waals surface area contributed by atoms with Gasteiger partial charge in [0.05, 0.1) is 6.04 Å². The van der Waals surface area contributed by atoms with Gasteiger partial charge in [-0.3, -0.25) is 4.79 Å². The van der Waals surface area contributed by atoms with E-state index in [0.717, 1.165) is 6.42 Å². The van der Waals surface area contributed by atoms with E-state index in [1.807, 2.05) is 6.92 Å². The summed E-state index contributed by atoms with van der Waals surface area (Å²) in [5.41, 5.74) is 0. The van der Waals surface area contributed by atoms with Gasteiger partial charge in [-0.1, -0.05) is 6.92 Å². The molecule has 1 aromatic rings. The van der Waals surface area contributed by atoms with Crippen molar-refractivity contribution in [2.24, 2.45) is 0 Å². The van der Waals surface area contributed by atoms with Crippen molar-refractivity contribution >= 4 is 21.7 Å². The molecule has 0 spiro atoms. The third kappa shape index (κ3) is 4.17. The van der Waals surface area contributed by atoms with Gasteiger partial charge in [0, 0.05) is 19.8 Å². The minimum absolute atomic E-state index is 0.0117. The van der Waals surface area contributed by atoms with E-state index in [4.69, 9.17) is 0 Å². The molecule has 1 aromatic heterocycles. The number of nitrogens with one attached hydrogen (secondary N) is 3. The molecule has 0 bridgehead atoms. The molecule has 1 unspecified atom stereocenters. The third-order valence-corrected chi connectivity index (χ3v) is 4.14. The smallest absolute Gasteiger partial charge is 0.244 e. The van der Waals surface area contributed by atoms with Crippen LogP contribution in [0.25, 0.3) is 0 Å². The van der Waals surface area contributed by atoms with Crippen LogP contribution in [0.3, 0.4) is 0 Å². The predicted molar refractivity (Wildman–Crippen MR) is 76.9 cm³/mol. The van der Waals surface area contributed by atoms with Gasteiger partial charge in [-0.25, -0.2) is 13.4 Å². The molecule has 0 radical (unpaired) electrons. The largest absolute Gasteiger partial charge is 0.372 e. The zero-order valence-corrected chi connectivity index (χ0v) is 12.6. The first-order valence-electron chi connectivity index (χ1n) is 6.35. The maximum absolute atomic E-state index is 12.2. The summed E-state index contributed by atoms with van der Waals surface area (Å²) >= 11 is 0. The standard InChI is InChI=1S/C12H20N4O3S/c1-4-7-15-12(17)9(2)16-20(18,19)10-6-5-8-14-11(10)13-3/h5-6,8-9,16H,4,7H2,1-3H3,(H,13,14)(H,15,17). The highest BCUT2D eigenvalue weighted by molar-refractivity contribution is 7.89. The summed E-state index contributed by atoms with van der Waals surface area (Å²) < 4.78 is 26.8. The third-order valence-electron chi connectivity index (χ3n) is 2.57. The first kappa shape index (κ1) is 16.4. The van der Waals surface area contributed by atoms with E-state index >= 15 is 0 Å². The van der Waals surface area contributed by atoms with Gasteiger partial charge in [0.25, 0.3) is 0 Å². The van der Waals surface area contributed by atoms with E-state index in [9.17, 15) is 13.2 Å². The highest BCUT2D eigenvalue weighted by Gasteiger charge is 2.24. The number of nitrogens with zero attached hydrogens (tertiary/aromatic N) is 1. The Hall–Kier alpha value is -1.67. The number of carbonyl (C=O) groups excluding carboxylic acids is 1. The summed E-state index contributed by atoms with van der Waals surface area (Å²) in [6.45, 7) is 3.93. The Morgan fingerprint density at radius 2 is 2.15 bits per heavy atom. The van der Waals surface area contributed by atoms with Crippen LogP contribution in [0.1, 0.15) is 20.3 Å². The van der Waals surface area contributed by atoms with E-state index in [2.05, 4.69) is 20.3 Å². The van der Waals surface area contributed by atoms with Crippen molar-refractivity contribution in [3.05, 3.63) is 18.3 Å². The molecule has 0 aliphatic heterocycles. The van der Waals surface area contributed by atoms with Gasteiger partial charge in [-0.15, -0.1) is 0 Å². The van der Waals surface area contributed by atoms with Crippen molar-refractivity contribution in [1.82, 2.24) is 15.0 Å². The molecule has 8 heteroatoms. The molecular formula is C12H20N4O3S. The number of hydrogen-bond donors (Lipinski definition) is 3. The van der Waals surface area contributed by atoms with Crippen LogP contribution in [0.4, 0.5) is 5.82 Å². The molecule has 7 nitrogen and oxygen atoms in total. The quantitative estimate of drug-likeness (QED) is 0.673. The van der Waals surface area contributed by atoms with E-state index in [-0.39, 0.29) is 16.6 Å². The molecule has 1 atom stereocenters. The zero-order valence-electron chi connectivity index (χ0n) is 11.8. The summed E-state index contributed by atoms with van der Waals surface area (Å²) in [5.74, 6) is -0.119. The Morgan fingerprint density at radius 3 is 2.75 bits per heavy atom. The molecule has 20 heavy (non-hydrogen) atoms. The maximum atomic E-state index is 12.2. The van der Waals surface area contributed by atoms with Crippen LogP contribution in [-0.4, -0.2) is 38.9 Å². The lowest BCUT2D eigenvalue weighted by Gasteiger charge is -2.15. The van der Waals surface area contributed by atoms with Gasteiger partial charge in [-0.2, -0.15) is 4.72 Å². The van der Waals surface area contributed by atoms with Crippen molar-refractivity contribution in [2.45, 2.75) is 31.2 Å². The first-order chi connectivity index (χ1) is 9.42. The number of rotatable bonds is 7. The molecule has 0 saturated heterocycles. The molecule has 112 valence electrons. The lowest BCUT2D eigenvalue weighted by molar-refractivity contribution is -0.122. The fourth-order valence-electron chi connectivity index (χ4n) is 1.55. The monoisotopic (exact) mass is 300 g/mol. The molecule has 1 amide bonds. The average Bonchev–Trinajstić information content (AvgIpc) is 2.44. The summed E-state index contributed by atoms with van der Waals surface area (Å²) in [6, 6.07) is 2.10. The Morgan fingerprint density at radius 1 is 1.45 bits per heavy atom. The molecule has 3 N–H and O–H groups in total. The number of sulfonamides is 1. The van der Waals surface area contributed by atoms with E-state index in [0.29, 0.717) is 6.54 Å². The Balaban J connectivity index is 2.87. The number of anilines is 1. The Labute approximate surface area is 119 Å². The number of hydrogen-bond acceptors (Lipinski definition) is 5. The van der Waals surface area contributed by atoms with Gasteiger partial charge in [-0.05, 0) is 25.5 Å². The summed E-state index contributed by atoms with van der Waals surface area (Å²) in [6.07, 6.45) is 2.28. The molecular weight excluding hydrogens is 280 g/mol. The van der Waals surface area contributed by atoms with Crippen LogP contribution >= 0.6 is 0 Å². The summed E-state index contributed by atoms with van der Waals surface area (Å²) in [7, 11) is -2.23. The van der Waals surface area contributed by atoms with Gasteiger partial charge >= 0.3 is 0 Å². The minimum Gasteiger partial charge on any atom is -0.372 e. The molecule has 0 saturated carbocycles. The molecule has 0 aromatic carbocycles. The van der Waals surface area contributed by atoms with Crippen molar-refractivity contribution in [3.8, 4) is 0 Å². The lowest BCUT2D eigenvalue weighted by Crippen LogP contribution is -2.45. The Bertz CT molecular complexity index is 560. The molecule has 1 heterocycles. The summed E-state index contributed by atoms with van der Waals surface area (Å²) in [4.78, 5) is 15.6. The average molecular weight is 300 g/mol. The predicted octanol–water partition coefficient (Wildman–Crippen LogP) is 0.316. The first-order valence-corrected chi connectivity index (χ1v) is 7.83. The van der Waals surface area contributed by atoms with Crippen LogP contribution in [0.5, 0.6) is 0 Å². The highest BCUT2D eigenvalue weighted by Crippen LogP contribution is 2.17. The maximum Gasteiger partial charge on any atom is 0.244 e. The van der Waals surface area contributed by atoms with Crippen molar-refractivity contribution in [3.63, 3.8) is 0 Å². The SMILES string of the molecule is CCCNC(=O)C(C)NS(=O)(=O)c1cccnc1NC. The van der Waals surface area contributed by atoms with Crippen LogP contribution in [0.2, 0.25) is 0 Å². The van der Waals surface area contributed by atoms with Crippen molar-refractivity contribution in [2.75, 3.05) is 18.9 Å². The molecule has 0 aliphatic rings. The number of amides is 1. The Kier molecular flexibility index (Phi) is 5.90. The second kappa shape index (κ2) is 7.20. The topological polar surface area (TPSA) is 100 Å². The van der Waals surface area contributed by atoms with E-state index in [1.54, 1.807) is 7.05 Å². The lowest BCUT2D eigenvalue weighted by atomic mass is 10.3. The molecule has 0 aliphatic carbocycles. The molecule has 1 rings (SSSR count). The second-order valence-corrected chi connectivity index (χ2v) is 5.92. The second-order valence-electron chi connectivity index (χ2n) is 4.23. The van der Waals surface area contributed by atoms with Crippen molar-refractivity contribution < 1.29 is 13.2 Å². The highest BCUT2D eigenvalue weighted by atomic mass is 32.2.